The Morgan fingerprint density at radius 1 is 0.917 bits per heavy atom. The van der Waals surface area contributed by atoms with Crippen LogP contribution in [0.15, 0.2) is 30.3 Å². The molecule has 2 atom stereocenters. The predicted octanol–water partition coefficient (Wildman–Crippen LogP) is 0.828. The van der Waals surface area contributed by atoms with Gasteiger partial charge in [-0.05, 0) is 11.5 Å². The molecule has 1 heterocycles. The molecule has 0 N–H and O–H groups in total. The highest BCUT2D eigenvalue weighted by molar-refractivity contribution is 7.86. The average Bonchev–Trinajstić information content (AvgIpc) is 2.45. The number of hydrogen-bond donors (Lipinski definition) is 0. The van der Waals surface area contributed by atoms with Gasteiger partial charge in [-0.25, -0.2) is 0 Å². The zero-order chi connectivity index (χ0) is 18.0. The van der Waals surface area contributed by atoms with Crippen molar-refractivity contribution in [3.05, 3.63) is 35.9 Å². The summed E-state index contributed by atoms with van der Waals surface area (Å²) >= 11 is 0. The molecule has 7 nitrogen and oxygen atoms in total. The van der Waals surface area contributed by atoms with Crippen molar-refractivity contribution < 1.29 is 25.2 Å². The molecular formula is C15H23NO6S2. The normalized spacial score (nSPS) is 25.4. The van der Waals surface area contributed by atoms with E-state index >= 15 is 0 Å². The molecule has 0 spiro atoms. The Balaban J connectivity index is 2.08. The Morgan fingerprint density at radius 3 is 1.79 bits per heavy atom. The third kappa shape index (κ3) is 5.52. The lowest BCUT2D eigenvalue weighted by molar-refractivity contribution is -0.0885. The minimum Gasteiger partial charge on any atom is -0.288 e. The number of hydrogen-bond acceptors (Lipinski definition) is 7. The minimum absolute atomic E-state index is 0.0439. The molecule has 1 fully saturated rings. The van der Waals surface area contributed by atoms with Crippen molar-refractivity contribution in [2.45, 2.75) is 25.6 Å². The SMILES string of the molecule is CC1C(COS(C)(=O)=O)N(Cc2ccccc2)C1COS(C)(=O)=O. The average molecular weight is 377 g/mol. The molecule has 136 valence electrons. The Kier molecular flexibility index (Phi) is 6.03. The monoisotopic (exact) mass is 377 g/mol. The van der Waals surface area contributed by atoms with Crippen molar-refractivity contribution >= 4 is 20.2 Å². The van der Waals surface area contributed by atoms with E-state index in [1.54, 1.807) is 0 Å². The summed E-state index contributed by atoms with van der Waals surface area (Å²) < 4.78 is 54.8. The van der Waals surface area contributed by atoms with Crippen LogP contribution in [0, 0.1) is 5.92 Å². The van der Waals surface area contributed by atoms with Crippen molar-refractivity contribution in [3.63, 3.8) is 0 Å². The summed E-state index contributed by atoms with van der Waals surface area (Å²) in [6.45, 7) is 2.60. The van der Waals surface area contributed by atoms with E-state index in [1.807, 2.05) is 42.2 Å². The van der Waals surface area contributed by atoms with E-state index in [0.717, 1.165) is 18.1 Å². The molecule has 0 amide bonds. The third-order valence-corrected chi connectivity index (χ3v) is 5.31. The molecular weight excluding hydrogens is 354 g/mol. The molecule has 0 aliphatic carbocycles. The Bertz CT molecular complexity index is 703. The van der Waals surface area contributed by atoms with E-state index in [0.29, 0.717) is 6.54 Å². The molecule has 1 saturated heterocycles. The smallest absolute Gasteiger partial charge is 0.264 e. The van der Waals surface area contributed by atoms with E-state index in [9.17, 15) is 16.8 Å². The van der Waals surface area contributed by atoms with Gasteiger partial charge in [0.15, 0.2) is 0 Å². The third-order valence-electron chi connectivity index (χ3n) is 4.18. The van der Waals surface area contributed by atoms with E-state index in [2.05, 4.69) is 0 Å². The van der Waals surface area contributed by atoms with Crippen LogP contribution in [-0.2, 0) is 35.1 Å². The summed E-state index contributed by atoms with van der Waals surface area (Å²) in [6, 6.07) is 9.45. The molecule has 0 aromatic heterocycles. The van der Waals surface area contributed by atoms with Crippen molar-refractivity contribution in [1.82, 2.24) is 4.90 Å². The van der Waals surface area contributed by atoms with E-state index in [1.165, 1.54) is 0 Å². The van der Waals surface area contributed by atoms with Crippen LogP contribution < -0.4 is 0 Å². The number of rotatable bonds is 8. The van der Waals surface area contributed by atoms with Gasteiger partial charge in [0.25, 0.3) is 20.2 Å². The molecule has 1 aliphatic heterocycles. The maximum Gasteiger partial charge on any atom is 0.264 e. The molecule has 1 aromatic carbocycles. The lowest BCUT2D eigenvalue weighted by atomic mass is 9.81. The van der Waals surface area contributed by atoms with Crippen molar-refractivity contribution in [3.8, 4) is 0 Å². The van der Waals surface area contributed by atoms with E-state index < -0.39 is 20.2 Å². The number of likely N-dealkylation sites (tertiary alicyclic amines) is 1. The highest BCUT2D eigenvalue weighted by Crippen LogP contribution is 2.34. The number of benzene rings is 1. The first-order chi connectivity index (χ1) is 11.1. The molecule has 2 unspecified atom stereocenters. The van der Waals surface area contributed by atoms with Crippen LogP contribution >= 0.6 is 0 Å². The Hall–Kier alpha value is -1.00. The van der Waals surface area contributed by atoms with Gasteiger partial charge >= 0.3 is 0 Å². The highest BCUT2D eigenvalue weighted by Gasteiger charge is 2.46. The maximum absolute atomic E-state index is 11.2. The summed E-state index contributed by atoms with van der Waals surface area (Å²) in [5.41, 5.74) is 1.05. The Labute approximate surface area is 143 Å². The van der Waals surface area contributed by atoms with Gasteiger partial charge in [0.05, 0.1) is 25.7 Å². The van der Waals surface area contributed by atoms with Gasteiger partial charge < -0.3 is 0 Å². The molecule has 0 radical (unpaired) electrons. The van der Waals surface area contributed by atoms with Gasteiger partial charge in [-0.2, -0.15) is 16.8 Å². The van der Waals surface area contributed by atoms with Gasteiger partial charge in [0.1, 0.15) is 0 Å². The molecule has 24 heavy (non-hydrogen) atoms. The summed E-state index contributed by atoms with van der Waals surface area (Å²) in [7, 11) is -7.04. The zero-order valence-electron chi connectivity index (χ0n) is 14.0. The van der Waals surface area contributed by atoms with Gasteiger partial charge in [0.2, 0.25) is 0 Å². The fraction of sp³-hybridized carbons (Fsp3) is 0.600. The molecule has 0 bridgehead atoms. The lowest BCUT2D eigenvalue weighted by Gasteiger charge is -2.53. The second-order valence-corrected chi connectivity index (χ2v) is 9.42. The quantitative estimate of drug-likeness (QED) is 0.620. The van der Waals surface area contributed by atoms with Crippen LogP contribution in [0.3, 0.4) is 0 Å². The fourth-order valence-electron chi connectivity index (χ4n) is 2.92. The first kappa shape index (κ1) is 19.3. The van der Waals surface area contributed by atoms with Crippen LogP contribution in [0.25, 0.3) is 0 Å². The molecule has 2 rings (SSSR count). The maximum atomic E-state index is 11.2. The summed E-state index contributed by atoms with van der Waals surface area (Å²) in [5.74, 6) is 0.0530. The van der Waals surface area contributed by atoms with Crippen molar-refractivity contribution in [1.29, 1.82) is 0 Å². The molecule has 1 aromatic rings. The number of nitrogens with zero attached hydrogens (tertiary/aromatic N) is 1. The largest absolute Gasteiger partial charge is 0.288 e. The second kappa shape index (κ2) is 7.49. The van der Waals surface area contributed by atoms with Crippen LogP contribution in [0.5, 0.6) is 0 Å². The Morgan fingerprint density at radius 2 is 1.38 bits per heavy atom. The standard InChI is InChI=1S/C15H23NO6S2/c1-12-14(10-21-23(2,17)18)16(9-13-7-5-4-6-8-13)15(12)11-22-24(3,19)20/h4-8,12,14-15H,9-11H2,1-3H3. The summed E-state index contributed by atoms with van der Waals surface area (Å²) in [4.78, 5) is 2.02. The predicted molar refractivity (Wildman–Crippen MR) is 90.3 cm³/mol. The summed E-state index contributed by atoms with van der Waals surface area (Å²) in [5, 5.41) is 0. The van der Waals surface area contributed by atoms with Crippen LogP contribution in [0.1, 0.15) is 12.5 Å². The lowest BCUT2D eigenvalue weighted by Crippen LogP contribution is -2.65. The summed E-state index contributed by atoms with van der Waals surface area (Å²) in [6.07, 6.45) is 2.03. The topological polar surface area (TPSA) is 90.0 Å². The van der Waals surface area contributed by atoms with Gasteiger partial charge in [-0.1, -0.05) is 37.3 Å². The van der Waals surface area contributed by atoms with Crippen LogP contribution in [-0.4, -0.2) is 59.5 Å². The zero-order valence-corrected chi connectivity index (χ0v) is 15.6. The van der Waals surface area contributed by atoms with Crippen molar-refractivity contribution in [2.75, 3.05) is 25.7 Å². The first-order valence-corrected chi connectivity index (χ1v) is 11.2. The molecule has 9 heteroatoms. The van der Waals surface area contributed by atoms with Crippen LogP contribution in [0.4, 0.5) is 0 Å². The fourth-order valence-corrected chi connectivity index (χ4v) is 3.69. The second-order valence-electron chi connectivity index (χ2n) is 6.13. The van der Waals surface area contributed by atoms with E-state index in [4.69, 9.17) is 8.37 Å². The van der Waals surface area contributed by atoms with Gasteiger partial charge in [-0.15, -0.1) is 0 Å². The van der Waals surface area contributed by atoms with Crippen molar-refractivity contribution in [2.24, 2.45) is 5.92 Å². The molecule has 0 saturated carbocycles. The molecule has 1 aliphatic rings. The highest BCUT2D eigenvalue weighted by atomic mass is 32.2. The van der Waals surface area contributed by atoms with E-state index in [-0.39, 0.29) is 31.2 Å². The minimum atomic E-state index is -3.52. The van der Waals surface area contributed by atoms with Gasteiger partial charge in [-0.3, -0.25) is 13.3 Å². The van der Waals surface area contributed by atoms with Gasteiger partial charge in [0, 0.05) is 18.6 Å². The van der Waals surface area contributed by atoms with Crippen LogP contribution in [0.2, 0.25) is 0 Å². The first-order valence-electron chi connectivity index (χ1n) is 7.55.